The van der Waals surface area contributed by atoms with Crippen molar-refractivity contribution in [2.24, 2.45) is 5.92 Å². The maximum absolute atomic E-state index is 12.6. The molecule has 0 saturated heterocycles. The third-order valence-corrected chi connectivity index (χ3v) is 7.44. The molecule has 0 aromatic carbocycles. The molecule has 3 heterocycles. The molecular formula is C23H29F3N6O3S. The number of nitrogens with zero attached hydrogens (tertiary/aromatic N) is 4. The number of hydrogen-bond donors (Lipinski definition) is 5. The van der Waals surface area contributed by atoms with Gasteiger partial charge in [-0.25, -0.2) is 9.97 Å². The molecule has 4 rings (SSSR count). The molecule has 1 aliphatic rings. The predicted octanol–water partition coefficient (Wildman–Crippen LogP) is 3.42. The average molecular weight is 527 g/mol. The van der Waals surface area contributed by atoms with Crippen molar-refractivity contribution < 1.29 is 28.5 Å². The van der Waals surface area contributed by atoms with Crippen molar-refractivity contribution in [2.75, 3.05) is 17.2 Å². The van der Waals surface area contributed by atoms with Crippen LogP contribution >= 0.6 is 11.3 Å². The van der Waals surface area contributed by atoms with E-state index in [0.717, 1.165) is 10.4 Å². The number of anilines is 2. The first kappa shape index (κ1) is 26.5. The van der Waals surface area contributed by atoms with Crippen LogP contribution in [0.2, 0.25) is 0 Å². The molecule has 36 heavy (non-hydrogen) atoms. The highest BCUT2D eigenvalue weighted by Gasteiger charge is 2.48. The summed E-state index contributed by atoms with van der Waals surface area (Å²) in [6, 6.07) is 1.16. The zero-order valence-electron chi connectivity index (χ0n) is 20.3. The number of aliphatic hydroxyl groups excluding tert-OH is 2. The first-order valence-corrected chi connectivity index (χ1v) is 12.3. The van der Waals surface area contributed by atoms with Crippen LogP contribution in [0, 0.1) is 19.8 Å². The van der Waals surface area contributed by atoms with Crippen LogP contribution in [0.15, 0.2) is 12.3 Å². The van der Waals surface area contributed by atoms with Crippen molar-refractivity contribution >= 4 is 33.3 Å². The van der Waals surface area contributed by atoms with Gasteiger partial charge in [-0.3, -0.25) is 4.98 Å². The number of halogens is 3. The van der Waals surface area contributed by atoms with E-state index in [2.05, 4.69) is 25.6 Å². The summed E-state index contributed by atoms with van der Waals surface area (Å²) in [5.41, 5.74) is 1.23. The second-order valence-corrected chi connectivity index (χ2v) is 10.7. The lowest BCUT2D eigenvalue weighted by molar-refractivity contribution is -0.131. The number of thiazole rings is 1. The molecule has 3 aromatic rings. The second kappa shape index (κ2) is 9.69. The van der Waals surface area contributed by atoms with Crippen LogP contribution in [0.25, 0.3) is 20.8 Å². The molecule has 196 valence electrons. The summed E-state index contributed by atoms with van der Waals surface area (Å²) in [5, 5.41) is 38.0. The number of rotatable bonds is 7. The summed E-state index contributed by atoms with van der Waals surface area (Å²) < 4.78 is 38.8. The van der Waals surface area contributed by atoms with E-state index < -0.39 is 48.9 Å². The molecule has 0 spiro atoms. The summed E-state index contributed by atoms with van der Waals surface area (Å²) in [5.74, 6) is -0.347. The molecule has 1 aliphatic carbocycles. The monoisotopic (exact) mass is 526 g/mol. The second-order valence-electron chi connectivity index (χ2n) is 9.64. The molecule has 0 radical (unpaired) electrons. The van der Waals surface area contributed by atoms with Gasteiger partial charge in [0.15, 0.2) is 0 Å². The zero-order chi connectivity index (χ0) is 26.4. The molecule has 0 aliphatic heterocycles. The van der Waals surface area contributed by atoms with E-state index in [1.165, 1.54) is 11.3 Å². The van der Waals surface area contributed by atoms with E-state index in [1.807, 2.05) is 13.0 Å². The van der Waals surface area contributed by atoms with Crippen molar-refractivity contribution in [3.05, 3.63) is 23.7 Å². The molecule has 5 N–H and O–H groups in total. The van der Waals surface area contributed by atoms with Gasteiger partial charge in [-0.05, 0) is 40.2 Å². The quantitative estimate of drug-likeness (QED) is 0.314. The van der Waals surface area contributed by atoms with Gasteiger partial charge >= 0.3 is 6.18 Å². The van der Waals surface area contributed by atoms with Crippen molar-refractivity contribution in [3.63, 3.8) is 0 Å². The van der Waals surface area contributed by atoms with E-state index in [4.69, 9.17) is 4.98 Å². The fourth-order valence-corrected chi connectivity index (χ4v) is 5.58. The number of alkyl halides is 3. The van der Waals surface area contributed by atoms with Crippen molar-refractivity contribution in [1.82, 2.24) is 19.9 Å². The number of hydrogen-bond acceptors (Lipinski definition) is 10. The standard InChI is InChI=1S/C23H29F3N6O3S/c1-10-15(20-31-16-11(2)27-7-5-14(16)36-20)19(32-21(29-10)28-8-6-23(24,25)26)30-13-9-12(22(3,4)35)17(33)18(13)34/h5,7,12-13,17-18,33-35H,6,8-9H2,1-4H3,(H2,28,29,30,32)/t12-,13+,17+,18-/m0/s1. The van der Waals surface area contributed by atoms with E-state index in [0.29, 0.717) is 21.8 Å². The number of fused-ring (bicyclic) bond motifs is 1. The third-order valence-electron chi connectivity index (χ3n) is 6.40. The van der Waals surface area contributed by atoms with Gasteiger partial charge in [-0.2, -0.15) is 18.2 Å². The Kier molecular flexibility index (Phi) is 7.12. The highest BCUT2D eigenvalue weighted by atomic mass is 32.1. The average Bonchev–Trinajstić information content (AvgIpc) is 3.30. The van der Waals surface area contributed by atoms with E-state index in [9.17, 15) is 28.5 Å². The van der Waals surface area contributed by atoms with Crippen LogP contribution in [0.3, 0.4) is 0 Å². The number of pyridine rings is 1. The lowest BCUT2D eigenvalue weighted by Crippen LogP contribution is -2.40. The Bertz CT molecular complexity index is 1250. The highest BCUT2D eigenvalue weighted by Crippen LogP contribution is 2.40. The van der Waals surface area contributed by atoms with Gasteiger partial charge in [0, 0.05) is 18.7 Å². The van der Waals surface area contributed by atoms with Gasteiger partial charge in [0.1, 0.15) is 22.4 Å². The van der Waals surface area contributed by atoms with Crippen LogP contribution in [-0.2, 0) is 0 Å². The SMILES string of the molecule is Cc1nc(NCCC(F)(F)F)nc(N[C@@H]2C[C@H](C(C)(C)O)[C@@H](O)[C@H]2O)c1-c1nc2c(C)nccc2s1. The maximum atomic E-state index is 12.6. The normalized spacial score (nSPS) is 22.8. The van der Waals surface area contributed by atoms with Gasteiger partial charge in [-0.1, -0.05) is 0 Å². The Hall–Kier alpha value is -2.61. The molecule has 4 atom stereocenters. The summed E-state index contributed by atoms with van der Waals surface area (Å²) in [6.45, 7) is 6.27. The number of aromatic nitrogens is 4. The summed E-state index contributed by atoms with van der Waals surface area (Å²) in [4.78, 5) is 17.8. The minimum atomic E-state index is -4.33. The predicted molar refractivity (Wildman–Crippen MR) is 131 cm³/mol. The van der Waals surface area contributed by atoms with Gasteiger partial charge in [-0.15, -0.1) is 11.3 Å². The summed E-state index contributed by atoms with van der Waals surface area (Å²) >= 11 is 1.39. The largest absolute Gasteiger partial charge is 0.390 e. The van der Waals surface area contributed by atoms with E-state index >= 15 is 0 Å². The number of aryl methyl sites for hydroxylation is 2. The summed E-state index contributed by atoms with van der Waals surface area (Å²) in [7, 11) is 0. The lowest BCUT2D eigenvalue weighted by atomic mass is 9.88. The fraction of sp³-hybridized carbons (Fsp3) is 0.565. The van der Waals surface area contributed by atoms with Crippen LogP contribution in [0.4, 0.5) is 24.9 Å². The van der Waals surface area contributed by atoms with Crippen molar-refractivity contribution in [2.45, 2.75) is 70.6 Å². The number of nitrogens with one attached hydrogen (secondary N) is 2. The topological polar surface area (TPSA) is 136 Å². The van der Waals surface area contributed by atoms with E-state index in [-0.39, 0.29) is 18.2 Å². The molecule has 0 unspecified atom stereocenters. The minimum Gasteiger partial charge on any atom is -0.390 e. The third kappa shape index (κ3) is 5.53. The van der Waals surface area contributed by atoms with Crippen LogP contribution in [-0.4, -0.2) is 71.8 Å². The van der Waals surface area contributed by atoms with Gasteiger partial charge < -0.3 is 26.0 Å². The highest BCUT2D eigenvalue weighted by molar-refractivity contribution is 7.21. The smallest absolute Gasteiger partial charge is 0.390 e. The van der Waals surface area contributed by atoms with Crippen molar-refractivity contribution in [1.29, 1.82) is 0 Å². The first-order chi connectivity index (χ1) is 16.7. The molecule has 1 fully saturated rings. The Morgan fingerprint density at radius 3 is 2.42 bits per heavy atom. The maximum Gasteiger partial charge on any atom is 0.390 e. The fourth-order valence-electron chi connectivity index (χ4n) is 4.47. The molecule has 0 amide bonds. The lowest BCUT2D eigenvalue weighted by Gasteiger charge is -2.28. The molecule has 9 nitrogen and oxygen atoms in total. The van der Waals surface area contributed by atoms with Crippen LogP contribution in [0.5, 0.6) is 0 Å². The van der Waals surface area contributed by atoms with Gasteiger partial charge in [0.25, 0.3) is 0 Å². The van der Waals surface area contributed by atoms with Crippen LogP contribution < -0.4 is 10.6 Å². The number of aliphatic hydroxyl groups is 3. The minimum absolute atomic E-state index is 0.00553. The van der Waals surface area contributed by atoms with Gasteiger partial charge in [0.05, 0.1) is 45.8 Å². The van der Waals surface area contributed by atoms with Crippen LogP contribution in [0.1, 0.15) is 38.1 Å². The Morgan fingerprint density at radius 2 is 1.81 bits per heavy atom. The Morgan fingerprint density at radius 1 is 1.08 bits per heavy atom. The summed E-state index contributed by atoms with van der Waals surface area (Å²) in [6.07, 6.45) is -5.82. The Balaban J connectivity index is 1.73. The first-order valence-electron chi connectivity index (χ1n) is 11.5. The van der Waals surface area contributed by atoms with Crippen molar-refractivity contribution in [3.8, 4) is 10.6 Å². The molecule has 13 heteroatoms. The van der Waals surface area contributed by atoms with E-state index in [1.54, 1.807) is 27.0 Å². The molecule has 3 aromatic heterocycles. The molecular weight excluding hydrogens is 497 g/mol. The Labute approximate surface area is 209 Å². The zero-order valence-corrected chi connectivity index (χ0v) is 21.1. The molecule has 0 bridgehead atoms. The van der Waals surface area contributed by atoms with Gasteiger partial charge in [0.2, 0.25) is 5.95 Å². The molecule has 1 saturated carbocycles.